The molecule has 1 aliphatic rings. The molecule has 0 saturated carbocycles. The predicted molar refractivity (Wildman–Crippen MR) is 92.5 cm³/mol. The largest absolute Gasteiger partial charge is 0.389 e. The molecule has 2 rings (SSSR count). The van der Waals surface area contributed by atoms with Crippen LogP contribution in [-0.2, 0) is 16.0 Å². The van der Waals surface area contributed by atoms with Crippen molar-refractivity contribution in [1.29, 1.82) is 0 Å². The third kappa shape index (κ3) is 7.00. The molecule has 0 aromatic heterocycles. The fraction of sp³-hybridized carbons (Fsp3) is 0.684. The van der Waals surface area contributed by atoms with Gasteiger partial charge >= 0.3 is 0 Å². The Morgan fingerprint density at radius 1 is 1.39 bits per heavy atom. The van der Waals surface area contributed by atoms with Gasteiger partial charge in [-0.05, 0) is 39.2 Å². The number of aliphatic hydroxyl groups is 1. The molecule has 0 spiro atoms. The highest BCUT2D eigenvalue weighted by Crippen LogP contribution is 2.16. The molecule has 4 heteroatoms. The molecule has 0 radical (unpaired) electrons. The molecular formula is C19H31NO3. The Balaban J connectivity index is 1.93. The third-order valence-corrected chi connectivity index (χ3v) is 4.07. The van der Waals surface area contributed by atoms with Gasteiger partial charge in [0.2, 0.25) is 0 Å². The molecule has 0 aliphatic carbocycles. The fourth-order valence-corrected chi connectivity index (χ4v) is 3.00. The predicted octanol–water partition coefficient (Wildman–Crippen LogP) is 2.76. The van der Waals surface area contributed by atoms with Gasteiger partial charge < -0.3 is 14.6 Å². The minimum Gasteiger partial charge on any atom is -0.389 e. The van der Waals surface area contributed by atoms with Gasteiger partial charge in [0, 0.05) is 26.2 Å². The minimum atomic E-state index is -0.469. The first-order valence-corrected chi connectivity index (χ1v) is 8.72. The summed E-state index contributed by atoms with van der Waals surface area (Å²) in [5.74, 6) is 0. The summed E-state index contributed by atoms with van der Waals surface area (Å²) < 4.78 is 11.3. The summed E-state index contributed by atoms with van der Waals surface area (Å²) in [6.45, 7) is 9.65. The van der Waals surface area contributed by atoms with E-state index in [9.17, 15) is 5.11 Å². The van der Waals surface area contributed by atoms with Crippen LogP contribution in [0.3, 0.4) is 0 Å². The molecule has 1 aromatic rings. The van der Waals surface area contributed by atoms with Crippen LogP contribution in [0.15, 0.2) is 24.3 Å². The molecule has 0 bridgehead atoms. The number of hydrogen-bond donors (Lipinski definition) is 1. The average molecular weight is 321 g/mol. The Morgan fingerprint density at radius 2 is 2.22 bits per heavy atom. The number of hydrogen-bond acceptors (Lipinski definition) is 4. The van der Waals surface area contributed by atoms with Crippen molar-refractivity contribution in [3.8, 4) is 0 Å². The smallest absolute Gasteiger partial charge is 0.0900 e. The summed E-state index contributed by atoms with van der Waals surface area (Å²) >= 11 is 0. The molecule has 4 nitrogen and oxygen atoms in total. The van der Waals surface area contributed by atoms with Gasteiger partial charge in [-0.15, -0.1) is 0 Å². The van der Waals surface area contributed by atoms with E-state index >= 15 is 0 Å². The van der Waals surface area contributed by atoms with E-state index in [1.165, 1.54) is 11.1 Å². The van der Waals surface area contributed by atoms with E-state index in [-0.39, 0.29) is 12.2 Å². The Hall–Kier alpha value is -0.940. The Kier molecular flexibility index (Phi) is 7.50. The van der Waals surface area contributed by atoms with Crippen LogP contribution in [0.25, 0.3) is 0 Å². The molecule has 1 heterocycles. The lowest BCUT2D eigenvalue weighted by molar-refractivity contribution is -0.0172. The number of benzene rings is 1. The van der Waals surface area contributed by atoms with E-state index in [1.54, 1.807) is 0 Å². The SMILES string of the molecule is Cc1cccc(CN(C[C@@H](O)COC(C)C)C[C@@H]2CCCO2)c1. The minimum absolute atomic E-state index is 0.146. The van der Waals surface area contributed by atoms with Crippen molar-refractivity contribution in [2.45, 2.75) is 58.5 Å². The summed E-state index contributed by atoms with van der Waals surface area (Å²) in [5, 5.41) is 10.3. The molecule has 1 aliphatic heterocycles. The van der Waals surface area contributed by atoms with Crippen molar-refractivity contribution in [3.63, 3.8) is 0 Å². The van der Waals surface area contributed by atoms with Crippen molar-refractivity contribution in [3.05, 3.63) is 35.4 Å². The third-order valence-electron chi connectivity index (χ3n) is 4.07. The van der Waals surface area contributed by atoms with E-state index in [2.05, 4.69) is 36.1 Å². The molecule has 0 unspecified atom stereocenters. The molecule has 1 fully saturated rings. The first kappa shape index (κ1) is 18.4. The molecule has 23 heavy (non-hydrogen) atoms. The second-order valence-electron chi connectivity index (χ2n) is 6.85. The number of nitrogens with zero attached hydrogens (tertiary/aromatic N) is 1. The molecule has 0 amide bonds. The van der Waals surface area contributed by atoms with Crippen LogP contribution in [0.2, 0.25) is 0 Å². The quantitative estimate of drug-likeness (QED) is 0.759. The van der Waals surface area contributed by atoms with Gasteiger partial charge in [0.25, 0.3) is 0 Å². The van der Waals surface area contributed by atoms with E-state index in [1.807, 2.05) is 13.8 Å². The molecular weight excluding hydrogens is 290 g/mol. The van der Waals surface area contributed by atoms with Crippen LogP contribution in [0.4, 0.5) is 0 Å². The fourth-order valence-electron chi connectivity index (χ4n) is 3.00. The molecule has 1 saturated heterocycles. The highest BCUT2D eigenvalue weighted by Gasteiger charge is 2.21. The number of rotatable bonds is 9. The van der Waals surface area contributed by atoms with Crippen LogP contribution in [0.5, 0.6) is 0 Å². The van der Waals surface area contributed by atoms with Gasteiger partial charge in [-0.3, -0.25) is 4.90 Å². The number of aryl methyl sites for hydroxylation is 1. The highest BCUT2D eigenvalue weighted by molar-refractivity contribution is 5.22. The maximum Gasteiger partial charge on any atom is 0.0900 e. The topological polar surface area (TPSA) is 41.9 Å². The average Bonchev–Trinajstić information content (AvgIpc) is 2.98. The summed E-state index contributed by atoms with van der Waals surface area (Å²) in [4.78, 5) is 2.29. The zero-order chi connectivity index (χ0) is 16.7. The maximum atomic E-state index is 10.3. The van der Waals surface area contributed by atoms with Crippen LogP contribution < -0.4 is 0 Å². The summed E-state index contributed by atoms with van der Waals surface area (Å²) in [6, 6.07) is 8.55. The van der Waals surface area contributed by atoms with Gasteiger partial charge in [0.05, 0.1) is 24.9 Å². The normalized spacial score (nSPS) is 19.7. The molecule has 1 N–H and O–H groups in total. The lowest BCUT2D eigenvalue weighted by Crippen LogP contribution is -2.39. The number of ether oxygens (including phenoxy) is 2. The van der Waals surface area contributed by atoms with E-state index in [4.69, 9.17) is 9.47 Å². The van der Waals surface area contributed by atoms with E-state index < -0.39 is 6.10 Å². The molecule has 2 atom stereocenters. The van der Waals surface area contributed by atoms with Gasteiger partial charge in [0.15, 0.2) is 0 Å². The Morgan fingerprint density at radius 3 is 2.87 bits per heavy atom. The van der Waals surface area contributed by atoms with Gasteiger partial charge in [-0.25, -0.2) is 0 Å². The highest BCUT2D eigenvalue weighted by atomic mass is 16.5. The van der Waals surface area contributed by atoms with Gasteiger partial charge in [0.1, 0.15) is 0 Å². The van der Waals surface area contributed by atoms with Crippen LogP contribution in [0.1, 0.15) is 37.8 Å². The first-order valence-electron chi connectivity index (χ1n) is 8.72. The van der Waals surface area contributed by atoms with Crippen molar-refractivity contribution in [1.82, 2.24) is 4.90 Å². The van der Waals surface area contributed by atoms with Crippen LogP contribution in [0, 0.1) is 6.92 Å². The monoisotopic (exact) mass is 321 g/mol. The lowest BCUT2D eigenvalue weighted by Gasteiger charge is -2.28. The number of aliphatic hydroxyl groups excluding tert-OH is 1. The Bertz CT molecular complexity index is 458. The van der Waals surface area contributed by atoms with Crippen molar-refractivity contribution < 1.29 is 14.6 Å². The first-order chi connectivity index (χ1) is 11.0. The molecule has 1 aromatic carbocycles. The van der Waals surface area contributed by atoms with Gasteiger partial charge in [-0.2, -0.15) is 0 Å². The molecule has 130 valence electrons. The van der Waals surface area contributed by atoms with E-state index in [0.717, 1.165) is 32.5 Å². The summed E-state index contributed by atoms with van der Waals surface area (Å²) in [5.41, 5.74) is 2.54. The van der Waals surface area contributed by atoms with E-state index in [0.29, 0.717) is 13.2 Å². The van der Waals surface area contributed by atoms with Crippen molar-refractivity contribution in [2.75, 3.05) is 26.3 Å². The zero-order valence-corrected chi connectivity index (χ0v) is 14.7. The second kappa shape index (κ2) is 9.38. The van der Waals surface area contributed by atoms with Crippen LogP contribution >= 0.6 is 0 Å². The van der Waals surface area contributed by atoms with Crippen molar-refractivity contribution >= 4 is 0 Å². The van der Waals surface area contributed by atoms with Crippen molar-refractivity contribution in [2.24, 2.45) is 0 Å². The second-order valence-corrected chi connectivity index (χ2v) is 6.85. The standard InChI is InChI=1S/C19H31NO3/c1-15(2)23-14-18(21)12-20(13-19-8-5-9-22-19)11-17-7-4-6-16(3)10-17/h4,6-7,10,15,18-19,21H,5,8-9,11-14H2,1-3H3/t18-,19+/m1/s1. The summed E-state index contributed by atoms with van der Waals surface area (Å²) in [7, 11) is 0. The van der Waals surface area contributed by atoms with Gasteiger partial charge in [-0.1, -0.05) is 29.8 Å². The Labute approximate surface area is 140 Å². The lowest BCUT2D eigenvalue weighted by atomic mass is 10.1. The maximum absolute atomic E-state index is 10.3. The summed E-state index contributed by atoms with van der Waals surface area (Å²) in [6.07, 6.45) is 2.22. The zero-order valence-electron chi connectivity index (χ0n) is 14.7. The van der Waals surface area contributed by atoms with Crippen LogP contribution in [-0.4, -0.2) is 54.6 Å².